The maximum Gasteiger partial charge on any atom is 0.208 e. The van der Waals surface area contributed by atoms with Gasteiger partial charge in [-0.3, -0.25) is 0 Å². The molecule has 0 aromatic heterocycles. The van der Waals surface area contributed by atoms with Crippen LogP contribution in [0.2, 0.25) is 0 Å². The highest BCUT2D eigenvalue weighted by Gasteiger charge is 2.24. The van der Waals surface area contributed by atoms with E-state index in [2.05, 4.69) is 4.72 Å². The zero-order valence-corrected chi connectivity index (χ0v) is 9.88. The van der Waals surface area contributed by atoms with Crippen molar-refractivity contribution in [1.29, 1.82) is 0 Å². The summed E-state index contributed by atoms with van der Waals surface area (Å²) in [6.45, 7) is 1.30. The van der Waals surface area contributed by atoms with Gasteiger partial charge >= 0.3 is 0 Å². The Hall–Kier alpha value is -0.980. The molecule has 1 unspecified atom stereocenters. The van der Waals surface area contributed by atoms with Gasteiger partial charge < -0.3 is 5.11 Å². The molecule has 2 N–H and O–H groups in total. The van der Waals surface area contributed by atoms with Crippen molar-refractivity contribution in [3.8, 4) is 0 Å². The maximum atomic E-state index is 12.7. The molecule has 6 heteroatoms. The third kappa shape index (κ3) is 3.88. The lowest BCUT2D eigenvalue weighted by Gasteiger charge is -2.23. The molecule has 0 bridgehead atoms. The Morgan fingerprint density at radius 3 is 2.31 bits per heavy atom. The lowest BCUT2D eigenvalue weighted by atomic mass is 9.96. The number of aliphatic hydroxyl groups is 1. The van der Waals surface area contributed by atoms with Crippen LogP contribution >= 0.6 is 0 Å². The normalized spacial score (nSPS) is 15.8. The molecule has 16 heavy (non-hydrogen) atoms. The van der Waals surface area contributed by atoms with E-state index >= 15 is 0 Å². The van der Waals surface area contributed by atoms with Crippen molar-refractivity contribution in [2.24, 2.45) is 0 Å². The molecule has 1 aromatic rings. The summed E-state index contributed by atoms with van der Waals surface area (Å²) in [4.78, 5) is 0. The van der Waals surface area contributed by atoms with E-state index in [1.165, 1.54) is 31.2 Å². The zero-order chi connectivity index (χ0) is 12.4. The third-order valence-corrected chi connectivity index (χ3v) is 2.81. The average Bonchev–Trinajstić information content (AvgIpc) is 2.15. The molecular weight excluding hydrogens is 233 g/mol. The SMILES string of the molecule is CC(O)(CNS(C)(=O)=O)c1ccc(F)cc1. The number of hydrogen-bond donors (Lipinski definition) is 2. The van der Waals surface area contributed by atoms with Gasteiger partial charge in [-0.05, 0) is 24.6 Å². The van der Waals surface area contributed by atoms with E-state index in [-0.39, 0.29) is 6.54 Å². The van der Waals surface area contributed by atoms with Gasteiger partial charge in [0.2, 0.25) is 10.0 Å². The van der Waals surface area contributed by atoms with Gasteiger partial charge in [-0.1, -0.05) is 12.1 Å². The van der Waals surface area contributed by atoms with Crippen molar-refractivity contribution in [1.82, 2.24) is 4.72 Å². The number of benzene rings is 1. The Labute approximate surface area is 94.2 Å². The molecule has 0 amide bonds. The monoisotopic (exact) mass is 247 g/mol. The zero-order valence-electron chi connectivity index (χ0n) is 9.07. The molecule has 1 atom stereocenters. The van der Waals surface area contributed by atoms with Crippen LogP contribution in [-0.2, 0) is 15.6 Å². The van der Waals surface area contributed by atoms with Crippen molar-refractivity contribution >= 4 is 10.0 Å². The first-order chi connectivity index (χ1) is 7.21. The van der Waals surface area contributed by atoms with Crippen LogP contribution < -0.4 is 4.72 Å². The first kappa shape index (κ1) is 13.1. The minimum absolute atomic E-state index is 0.155. The van der Waals surface area contributed by atoms with Crippen LogP contribution in [0, 0.1) is 5.82 Å². The molecule has 0 aliphatic rings. The van der Waals surface area contributed by atoms with E-state index in [0.717, 1.165) is 6.26 Å². The number of sulfonamides is 1. The van der Waals surface area contributed by atoms with Gasteiger partial charge in [0.15, 0.2) is 0 Å². The summed E-state index contributed by atoms with van der Waals surface area (Å²) >= 11 is 0. The second-order valence-corrected chi connectivity index (χ2v) is 5.71. The van der Waals surface area contributed by atoms with Crippen LogP contribution in [0.3, 0.4) is 0 Å². The van der Waals surface area contributed by atoms with Crippen LogP contribution in [0.25, 0.3) is 0 Å². The highest BCUT2D eigenvalue weighted by atomic mass is 32.2. The summed E-state index contributed by atoms with van der Waals surface area (Å²) < 4.78 is 36.6. The molecule has 0 radical (unpaired) electrons. The first-order valence-electron chi connectivity index (χ1n) is 4.64. The van der Waals surface area contributed by atoms with Gasteiger partial charge in [0.05, 0.1) is 6.26 Å². The molecule has 0 saturated carbocycles. The largest absolute Gasteiger partial charge is 0.384 e. The first-order valence-corrected chi connectivity index (χ1v) is 6.53. The Kier molecular flexibility index (Phi) is 3.67. The molecule has 4 nitrogen and oxygen atoms in total. The molecule has 0 aliphatic heterocycles. The average molecular weight is 247 g/mol. The van der Waals surface area contributed by atoms with E-state index in [4.69, 9.17) is 0 Å². The number of rotatable bonds is 4. The molecule has 0 heterocycles. The van der Waals surface area contributed by atoms with E-state index < -0.39 is 21.4 Å². The van der Waals surface area contributed by atoms with Gasteiger partial charge in [0.1, 0.15) is 11.4 Å². The number of halogens is 1. The molecule has 0 fully saturated rings. The van der Waals surface area contributed by atoms with Crippen LogP contribution in [-0.4, -0.2) is 26.3 Å². The standard InChI is InChI=1S/C10H14FNO3S/c1-10(13,7-12-16(2,14)15)8-3-5-9(11)6-4-8/h3-6,12-13H,7H2,1-2H3. The molecule has 0 saturated heterocycles. The second kappa shape index (κ2) is 4.48. The molecular formula is C10H14FNO3S. The highest BCUT2D eigenvalue weighted by Crippen LogP contribution is 2.19. The van der Waals surface area contributed by atoms with Gasteiger partial charge in [-0.25, -0.2) is 17.5 Å². The fourth-order valence-electron chi connectivity index (χ4n) is 1.18. The van der Waals surface area contributed by atoms with Crippen LogP contribution in [0.5, 0.6) is 0 Å². The quantitative estimate of drug-likeness (QED) is 0.818. The summed E-state index contributed by atoms with van der Waals surface area (Å²) in [6, 6.07) is 5.26. The van der Waals surface area contributed by atoms with Crippen LogP contribution in [0.1, 0.15) is 12.5 Å². The van der Waals surface area contributed by atoms with Crippen molar-refractivity contribution < 1.29 is 17.9 Å². The second-order valence-electron chi connectivity index (χ2n) is 3.87. The van der Waals surface area contributed by atoms with E-state index in [0.29, 0.717) is 5.56 Å². The summed E-state index contributed by atoms with van der Waals surface area (Å²) in [5.74, 6) is -0.407. The predicted octanol–water partition coefficient (Wildman–Crippen LogP) is 0.582. The topological polar surface area (TPSA) is 66.4 Å². The Balaban J connectivity index is 2.81. The van der Waals surface area contributed by atoms with Crippen molar-refractivity contribution in [3.05, 3.63) is 35.6 Å². The summed E-state index contributed by atoms with van der Waals surface area (Å²) in [5.41, 5.74) is -0.915. The van der Waals surface area contributed by atoms with Crippen LogP contribution in [0.15, 0.2) is 24.3 Å². The van der Waals surface area contributed by atoms with Gasteiger partial charge in [0.25, 0.3) is 0 Å². The Morgan fingerprint density at radius 2 is 1.88 bits per heavy atom. The lowest BCUT2D eigenvalue weighted by Crippen LogP contribution is -2.38. The van der Waals surface area contributed by atoms with Crippen molar-refractivity contribution in [3.63, 3.8) is 0 Å². The van der Waals surface area contributed by atoms with Gasteiger partial charge in [-0.2, -0.15) is 0 Å². The van der Waals surface area contributed by atoms with Crippen molar-refractivity contribution in [2.75, 3.05) is 12.8 Å². The van der Waals surface area contributed by atoms with E-state index in [9.17, 15) is 17.9 Å². The molecule has 90 valence electrons. The fraction of sp³-hybridized carbons (Fsp3) is 0.400. The van der Waals surface area contributed by atoms with E-state index in [1.54, 1.807) is 0 Å². The van der Waals surface area contributed by atoms with Gasteiger partial charge in [-0.15, -0.1) is 0 Å². The molecule has 0 spiro atoms. The molecule has 1 rings (SSSR count). The molecule has 0 aliphatic carbocycles. The Bertz CT molecular complexity index is 453. The van der Waals surface area contributed by atoms with Crippen molar-refractivity contribution in [2.45, 2.75) is 12.5 Å². The predicted molar refractivity (Wildman–Crippen MR) is 58.8 cm³/mol. The summed E-state index contributed by atoms with van der Waals surface area (Å²) in [5, 5.41) is 9.99. The smallest absolute Gasteiger partial charge is 0.208 e. The minimum atomic E-state index is -3.36. The molecule has 1 aromatic carbocycles. The van der Waals surface area contributed by atoms with Crippen LogP contribution in [0.4, 0.5) is 4.39 Å². The number of nitrogens with one attached hydrogen (secondary N) is 1. The number of hydrogen-bond acceptors (Lipinski definition) is 3. The Morgan fingerprint density at radius 1 is 1.38 bits per heavy atom. The maximum absolute atomic E-state index is 12.7. The minimum Gasteiger partial charge on any atom is -0.384 e. The van der Waals surface area contributed by atoms with E-state index in [1.807, 2.05) is 0 Å². The lowest BCUT2D eigenvalue weighted by molar-refractivity contribution is 0.0627. The van der Waals surface area contributed by atoms with Gasteiger partial charge in [0, 0.05) is 6.54 Å². The summed E-state index contributed by atoms with van der Waals surface area (Å²) in [6.07, 6.45) is 1.01. The highest BCUT2D eigenvalue weighted by molar-refractivity contribution is 7.88. The summed E-state index contributed by atoms with van der Waals surface area (Å²) in [7, 11) is -3.36. The fourth-order valence-corrected chi connectivity index (χ4v) is 1.73. The third-order valence-electron chi connectivity index (χ3n) is 2.14.